The zero-order valence-corrected chi connectivity index (χ0v) is 12.5. The number of rotatable bonds is 4. The van der Waals surface area contributed by atoms with E-state index in [4.69, 9.17) is 4.74 Å². The highest BCUT2D eigenvalue weighted by molar-refractivity contribution is 9.10. The van der Waals surface area contributed by atoms with Crippen molar-refractivity contribution < 1.29 is 19.2 Å². The Labute approximate surface area is 128 Å². The summed E-state index contributed by atoms with van der Waals surface area (Å²) in [6.07, 6.45) is -0.633. The van der Waals surface area contributed by atoms with E-state index in [1.807, 2.05) is 0 Å². The van der Waals surface area contributed by atoms with E-state index in [1.165, 1.54) is 6.07 Å². The molecular weight excluding hydrogens is 345 g/mol. The van der Waals surface area contributed by atoms with E-state index < -0.39 is 16.8 Å². The molecule has 0 aliphatic carbocycles. The highest BCUT2D eigenvalue weighted by atomic mass is 79.9. The summed E-state index contributed by atoms with van der Waals surface area (Å²) < 4.78 is 19.7. The van der Waals surface area contributed by atoms with Gasteiger partial charge < -0.3 is 9.84 Å². The lowest BCUT2D eigenvalue weighted by molar-refractivity contribution is -0.385. The van der Waals surface area contributed by atoms with Gasteiger partial charge in [-0.15, -0.1) is 0 Å². The van der Waals surface area contributed by atoms with Crippen LogP contribution < -0.4 is 4.74 Å². The van der Waals surface area contributed by atoms with Crippen LogP contribution in [0.2, 0.25) is 0 Å². The van der Waals surface area contributed by atoms with E-state index in [-0.39, 0.29) is 11.4 Å². The molecular formula is C14H11BrFNO4. The van der Waals surface area contributed by atoms with Crippen LogP contribution >= 0.6 is 15.9 Å². The van der Waals surface area contributed by atoms with Crippen LogP contribution in [0.15, 0.2) is 40.9 Å². The molecule has 0 saturated carbocycles. The number of aliphatic hydroxyl groups is 1. The number of non-ortho nitro benzene ring substituents is 1. The summed E-state index contributed by atoms with van der Waals surface area (Å²) in [5.74, 6) is -0.603. The van der Waals surface area contributed by atoms with E-state index in [0.29, 0.717) is 15.8 Å². The van der Waals surface area contributed by atoms with Gasteiger partial charge in [-0.1, -0.05) is 6.07 Å². The van der Waals surface area contributed by atoms with Crippen molar-refractivity contribution in [1.29, 1.82) is 0 Å². The van der Waals surface area contributed by atoms with Crippen molar-refractivity contribution in [2.24, 2.45) is 0 Å². The number of benzene rings is 2. The van der Waals surface area contributed by atoms with Crippen LogP contribution in [0, 0.1) is 15.9 Å². The summed E-state index contributed by atoms with van der Waals surface area (Å²) >= 11 is 3.27. The lowest BCUT2D eigenvalue weighted by atomic mass is 10.1. The van der Waals surface area contributed by atoms with Crippen molar-refractivity contribution in [2.45, 2.75) is 13.0 Å². The molecule has 1 atom stereocenters. The van der Waals surface area contributed by atoms with E-state index in [1.54, 1.807) is 25.1 Å². The van der Waals surface area contributed by atoms with Crippen molar-refractivity contribution >= 4 is 21.6 Å². The molecule has 0 unspecified atom stereocenters. The molecule has 2 rings (SSSR count). The fraction of sp³-hybridized carbons (Fsp3) is 0.143. The number of hydrogen-bond donors (Lipinski definition) is 1. The maximum Gasteiger partial charge on any atom is 0.272 e. The number of halogens is 2. The molecule has 2 aromatic carbocycles. The molecule has 21 heavy (non-hydrogen) atoms. The standard InChI is InChI=1S/C14H11BrFNO4/c1-8(18)9-2-4-13(11(15)6-9)21-14-5-3-10(17(19)20)7-12(14)16/h2-8,18H,1H3/t8-/m1/s1. The zero-order chi connectivity index (χ0) is 15.6. The first kappa shape index (κ1) is 15.4. The molecule has 0 fully saturated rings. The maximum atomic E-state index is 13.8. The number of hydrogen-bond acceptors (Lipinski definition) is 4. The first-order valence-electron chi connectivity index (χ1n) is 5.98. The van der Waals surface area contributed by atoms with Gasteiger partial charge >= 0.3 is 0 Å². The second kappa shape index (κ2) is 6.19. The van der Waals surface area contributed by atoms with Crippen molar-refractivity contribution in [3.63, 3.8) is 0 Å². The molecule has 0 amide bonds. The van der Waals surface area contributed by atoms with Crippen LogP contribution in [-0.2, 0) is 0 Å². The summed E-state index contributed by atoms with van der Waals surface area (Å²) in [5.41, 5.74) is 0.335. The lowest BCUT2D eigenvalue weighted by Gasteiger charge is -2.11. The van der Waals surface area contributed by atoms with E-state index in [0.717, 1.165) is 12.1 Å². The summed E-state index contributed by atoms with van der Waals surface area (Å²) in [6.45, 7) is 1.62. The Bertz CT molecular complexity index is 691. The molecule has 5 nitrogen and oxygen atoms in total. The Morgan fingerprint density at radius 1 is 1.29 bits per heavy atom. The molecule has 0 spiro atoms. The minimum Gasteiger partial charge on any atom is -0.453 e. The number of nitrogens with zero attached hydrogens (tertiary/aromatic N) is 1. The first-order chi connectivity index (χ1) is 9.88. The fourth-order valence-electron chi connectivity index (χ4n) is 1.66. The van der Waals surface area contributed by atoms with Gasteiger partial charge in [-0.2, -0.15) is 0 Å². The molecule has 110 valence electrons. The molecule has 7 heteroatoms. The van der Waals surface area contributed by atoms with Crippen LogP contribution in [0.5, 0.6) is 11.5 Å². The van der Waals surface area contributed by atoms with Crippen LogP contribution in [-0.4, -0.2) is 10.0 Å². The lowest BCUT2D eigenvalue weighted by Crippen LogP contribution is -1.95. The van der Waals surface area contributed by atoms with Crippen molar-refractivity contribution in [1.82, 2.24) is 0 Å². The summed E-state index contributed by atoms with van der Waals surface area (Å²) in [6, 6.07) is 8.04. The van der Waals surface area contributed by atoms with Crippen LogP contribution in [0.25, 0.3) is 0 Å². The average molecular weight is 356 g/mol. The summed E-state index contributed by atoms with van der Waals surface area (Å²) in [5, 5.41) is 20.0. The smallest absolute Gasteiger partial charge is 0.272 e. The van der Waals surface area contributed by atoms with Crippen LogP contribution in [0.1, 0.15) is 18.6 Å². The van der Waals surface area contributed by atoms with E-state index in [2.05, 4.69) is 15.9 Å². The predicted octanol–water partition coefficient (Wildman–Crippen LogP) is 4.34. The third kappa shape index (κ3) is 3.56. The minimum atomic E-state index is -0.823. The van der Waals surface area contributed by atoms with Crippen molar-refractivity contribution in [3.05, 3.63) is 62.4 Å². The molecule has 0 aliphatic heterocycles. The Morgan fingerprint density at radius 3 is 2.48 bits per heavy atom. The largest absolute Gasteiger partial charge is 0.453 e. The van der Waals surface area contributed by atoms with E-state index in [9.17, 15) is 19.6 Å². The van der Waals surface area contributed by atoms with Gasteiger partial charge in [0.2, 0.25) is 0 Å². The summed E-state index contributed by atoms with van der Waals surface area (Å²) in [4.78, 5) is 9.86. The topological polar surface area (TPSA) is 72.6 Å². The fourth-order valence-corrected chi connectivity index (χ4v) is 2.14. The number of aliphatic hydroxyl groups excluding tert-OH is 1. The highest BCUT2D eigenvalue weighted by Crippen LogP contribution is 2.34. The van der Waals surface area contributed by atoms with Gasteiger partial charge in [0.05, 0.1) is 21.6 Å². The van der Waals surface area contributed by atoms with Gasteiger partial charge in [-0.3, -0.25) is 10.1 Å². The molecule has 1 N–H and O–H groups in total. The average Bonchev–Trinajstić information content (AvgIpc) is 2.42. The zero-order valence-electron chi connectivity index (χ0n) is 10.9. The predicted molar refractivity (Wildman–Crippen MR) is 77.9 cm³/mol. The first-order valence-corrected chi connectivity index (χ1v) is 6.77. The van der Waals surface area contributed by atoms with Gasteiger partial charge in [0.15, 0.2) is 11.6 Å². The third-order valence-corrected chi connectivity index (χ3v) is 3.40. The Morgan fingerprint density at radius 2 is 1.95 bits per heavy atom. The third-order valence-electron chi connectivity index (χ3n) is 2.78. The Hall–Kier alpha value is -1.99. The Kier molecular flexibility index (Phi) is 4.54. The van der Waals surface area contributed by atoms with Gasteiger partial charge in [0, 0.05) is 6.07 Å². The normalized spacial score (nSPS) is 12.0. The highest BCUT2D eigenvalue weighted by Gasteiger charge is 2.14. The minimum absolute atomic E-state index is 0.119. The number of nitro benzene ring substituents is 1. The van der Waals surface area contributed by atoms with Gasteiger partial charge in [0.1, 0.15) is 5.75 Å². The number of nitro groups is 1. The van der Waals surface area contributed by atoms with Crippen molar-refractivity contribution in [2.75, 3.05) is 0 Å². The molecule has 0 heterocycles. The summed E-state index contributed by atoms with van der Waals surface area (Å²) in [7, 11) is 0. The number of ether oxygens (including phenoxy) is 1. The molecule has 0 aliphatic rings. The molecule has 0 radical (unpaired) electrons. The molecule has 0 saturated heterocycles. The monoisotopic (exact) mass is 355 g/mol. The SMILES string of the molecule is C[C@@H](O)c1ccc(Oc2ccc([N+](=O)[O-])cc2F)c(Br)c1. The quantitative estimate of drug-likeness (QED) is 0.653. The van der Waals surface area contributed by atoms with Gasteiger partial charge in [-0.05, 0) is 46.6 Å². The van der Waals surface area contributed by atoms with Crippen LogP contribution in [0.4, 0.5) is 10.1 Å². The van der Waals surface area contributed by atoms with Crippen LogP contribution in [0.3, 0.4) is 0 Å². The van der Waals surface area contributed by atoms with Crippen molar-refractivity contribution in [3.8, 4) is 11.5 Å². The second-order valence-electron chi connectivity index (χ2n) is 4.34. The van der Waals surface area contributed by atoms with E-state index >= 15 is 0 Å². The molecule has 2 aromatic rings. The Balaban J connectivity index is 2.28. The van der Waals surface area contributed by atoms with Gasteiger partial charge in [0.25, 0.3) is 5.69 Å². The van der Waals surface area contributed by atoms with Gasteiger partial charge in [-0.25, -0.2) is 4.39 Å². The molecule has 0 bridgehead atoms. The molecule has 0 aromatic heterocycles. The second-order valence-corrected chi connectivity index (χ2v) is 5.19. The maximum absolute atomic E-state index is 13.8.